The molecule has 0 fully saturated rings. The van der Waals surface area contributed by atoms with Crippen LogP contribution in [0.1, 0.15) is 96.4 Å². The monoisotopic (exact) mass is 549 g/mol. The minimum Gasteiger partial charge on any atom is -0.382 e. The van der Waals surface area contributed by atoms with Gasteiger partial charge in [-0.15, -0.1) is 0 Å². The van der Waals surface area contributed by atoms with Crippen LogP contribution in [0.2, 0.25) is 0 Å². The van der Waals surface area contributed by atoms with E-state index in [0.717, 1.165) is 62.7 Å². The molecule has 3 heterocycles. The highest BCUT2D eigenvalue weighted by Gasteiger charge is 2.45. The van der Waals surface area contributed by atoms with Crippen molar-refractivity contribution in [1.29, 1.82) is 0 Å². The average molecular weight is 550 g/mol. The molecule has 0 saturated carbocycles. The first-order valence-corrected chi connectivity index (χ1v) is 16.3. The quantitative estimate of drug-likeness (QED) is 0.273. The number of para-hydroxylation sites is 1. The van der Waals surface area contributed by atoms with E-state index in [0.29, 0.717) is 5.75 Å². The maximum atomic E-state index is 12.6. The van der Waals surface area contributed by atoms with E-state index in [4.69, 9.17) is 4.18 Å². The van der Waals surface area contributed by atoms with Gasteiger partial charge in [-0.3, -0.25) is 0 Å². The number of nitrogens with zero attached hydrogens (tertiary/aromatic N) is 2. The third-order valence-corrected chi connectivity index (χ3v) is 9.68. The molecule has 0 amide bonds. The summed E-state index contributed by atoms with van der Waals surface area (Å²) < 4.78 is 33.6. The lowest BCUT2D eigenvalue weighted by atomic mass is 9.68. The van der Waals surface area contributed by atoms with Gasteiger partial charge in [-0.1, -0.05) is 59.2 Å². The molecule has 0 spiro atoms. The summed E-state index contributed by atoms with van der Waals surface area (Å²) in [6.45, 7) is 18.8. The molecule has 3 aliphatic heterocycles. The van der Waals surface area contributed by atoms with E-state index in [1.54, 1.807) is 0 Å². The van der Waals surface area contributed by atoms with Gasteiger partial charge in [0.1, 0.15) is 6.54 Å². The number of hydrogen-bond acceptors (Lipinski definition) is 4. The molecule has 0 unspecified atom stereocenters. The lowest BCUT2D eigenvalue weighted by Gasteiger charge is -2.48. The zero-order valence-corrected chi connectivity index (χ0v) is 25.8. The summed E-state index contributed by atoms with van der Waals surface area (Å²) in [5.41, 5.74) is 7.78. The van der Waals surface area contributed by atoms with Crippen molar-refractivity contribution in [3.05, 3.63) is 58.7 Å². The van der Waals surface area contributed by atoms with Crippen LogP contribution in [0.5, 0.6) is 5.75 Å². The molecule has 210 valence electrons. The maximum Gasteiger partial charge on any atom is 0.306 e. The van der Waals surface area contributed by atoms with Crippen LogP contribution in [0.4, 0.5) is 11.4 Å². The van der Waals surface area contributed by atoms with Crippen molar-refractivity contribution in [3.63, 3.8) is 0 Å². The molecule has 5 nitrogen and oxygen atoms in total. The van der Waals surface area contributed by atoms with Crippen molar-refractivity contribution in [2.24, 2.45) is 0 Å². The predicted molar refractivity (Wildman–Crippen MR) is 163 cm³/mol. The first-order chi connectivity index (χ1) is 18.2. The molecule has 0 radical (unpaired) electrons. The van der Waals surface area contributed by atoms with Crippen molar-refractivity contribution in [3.8, 4) is 5.75 Å². The fraction of sp³-hybridized carbons (Fsp3) is 0.545. The third-order valence-electron chi connectivity index (χ3n) is 9.21. The molecule has 6 heteroatoms. The summed E-state index contributed by atoms with van der Waals surface area (Å²) in [4.78, 5) is 2.45. The molecule has 39 heavy (non-hydrogen) atoms. The summed E-state index contributed by atoms with van der Waals surface area (Å²) >= 11 is 0. The van der Waals surface area contributed by atoms with Crippen molar-refractivity contribution >= 4 is 33.3 Å². The lowest BCUT2D eigenvalue weighted by Crippen LogP contribution is -2.45. The number of unbranched alkanes of at least 4 members (excludes halogenated alkanes) is 1. The molecule has 0 aliphatic carbocycles. The molecule has 5 rings (SSSR count). The molecule has 3 aliphatic rings. The molecule has 0 N–H and O–H groups in total. The molecule has 0 bridgehead atoms. The molecular formula is C33H45N2O3S+. The van der Waals surface area contributed by atoms with Gasteiger partial charge < -0.3 is 9.08 Å². The van der Waals surface area contributed by atoms with E-state index in [-0.39, 0.29) is 16.2 Å². The summed E-state index contributed by atoms with van der Waals surface area (Å²) in [5, 5.41) is 0. The first kappa shape index (κ1) is 27.9. The summed E-state index contributed by atoms with van der Waals surface area (Å²) in [6, 6.07) is 10.9. The Balaban J connectivity index is 1.75. The van der Waals surface area contributed by atoms with E-state index in [2.05, 4.69) is 100 Å². The van der Waals surface area contributed by atoms with Gasteiger partial charge in [-0.2, -0.15) is 13.0 Å². The number of fused-ring (bicyclic) bond motifs is 1. The van der Waals surface area contributed by atoms with E-state index >= 15 is 0 Å². The summed E-state index contributed by atoms with van der Waals surface area (Å²) in [5.74, 6) is 0.494. The number of hydrogen-bond donors (Lipinski definition) is 0. The van der Waals surface area contributed by atoms with Gasteiger partial charge in [0, 0.05) is 54.0 Å². The molecule has 2 aromatic carbocycles. The van der Waals surface area contributed by atoms with Crippen molar-refractivity contribution in [2.75, 3.05) is 30.8 Å². The minimum atomic E-state index is -3.73. The second-order valence-electron chi connectivity index (χ2n) is 13.5. The predicted octanol–water partition coefficient (Wildman–Crippen LogP) is 7.08. The maximum absolute atomic E-state index is 12.6. The van der Waals surface area contributed by atoms with Crippen molar-refractivity contribution in [1.82, 2.24) is 0 Å². The molecule has 0 aromatic heterocycles. The third kappa shape index (κ3) is 4.83. The Bertz CT molecular complexity index is 1480. The zero-order chi connectivity index (χ0) is 28.4. The second kappa shape index (κ2) is 9.50. The highest BCUT2D eigenvalue weighted by molar-refractivity contribution is 7.86. The Morgan fingerprint density at radius 1 is 0.974 bits per heavy atom. The van der Waals surface area contributed by atoms with Crippen LogP contribution in [0.15, 0.2) is 36.4 Å². The zero-order valence-electron chi connectivity index (χ0n) is 25.0. The smallest absolute Gasteiger partial charge is 0.306 e. The first-order valence-electron chi connectivity index (χ1n) is 14.5. The van der Waals surface area contributed by atoms with Crippen LogP contribution in [-0.2, 0) is 26.4 Å². The van der Waals surface area contributed by atoms with Crippen LogP contribution < -0.4 is 9.08 Å². The van der Waals surface area contributed by atoms with Crippen LogP contribution in [0, 0.1) is 0 Å². The van der Waals surface area contributed by atoms with E-state index < -0.39 is 10.1 Å². The Morgan fingerprint density at radius 3 is 2.31 bits per heavy atom. The van der Waals surface area contributed by atoms with Crippen LogP contribution in [0.25, 0.3) is 6.08 Å². The van der Waals surface area contributed by atoms with Gasteiger partial charge in [0.05, 0.1) is 11.7 Å². The topological polar surface area (TPSA) is 49.6 Å². The Morgan fingerprint density at radius 2 is 1.64 bits per heavy atom. The number of benzene rings is 2. The molecule has 0 saturated heterocycles. The van der Waals surface area contributed by atoms with Crippen molar-refractivity contribution in [2.45, 2.75) is 90.4 Å². The van der Waals surface area contributed by atoms with Crippen LogP contribution >= 0.6 is 0 Å². The molecular weight excluding hydrogens is 504 g/mol. The van der Waals surface area contributed by atoms with E-state index in [1.165, 1.54) is 28.2 Å². The average Bonchev–Trinajstić information content (AvgIpc) is 3.05. The van der Waals surface area contributed by atoms with E-state index in [9.17, 15) is 8.42 Å². The Hall–Kier alpha value is -2.60. The van der Waals surface area contributed by atoms with Crippen molar-refractivity contribution < 1.29 is 17.2 Å². The second-order valence-corrected chi connectivity index (χ2v) is 15.0. The lowest BCUT2D eigenvalue weighted by molar-refractivity contribution is -0.438. The van der Waals surface area contributed by atoms with Gasteiger partial charge >= 0.3 is 10.1 Å². The van der Waals surface area contributed by atoms with Gasteiger partial charge in [-0.25, -0.2) is 0 Å². The largest absolute Gasteiger partial charge is 0.382 e. The van der Waals surface area contributed by atoms with E-state index in [1.807, 2.05) is 0 Å². The highest BCUT2D eigenvalue weighted by Crippen LogP contribution is 2.54. The Labute approximate surface area is 235 Å². The normalized spacial score (nSPS) is 20.8. The van der Waals surface area contributed by atoms with Crippen LogP contribution in [0.3, 0.4) is 0 Å². The van der Waals surface area contributed by atoms with Gasteiger partial charge in [0.15, 0.2) is 11.5 Å². The highest BCUT2D eigenvalue weighted by atomic mass is 32.2. The SMILES string of the molecule is CCCC[N+]1=C(/C=C\c2cc3c4c(c2OS(C)(=O)=O)C(C)(C)CCN4CCC3(C)C)C(C)(C)c2ccccc21. The Kier molecular flexibility index (Phi) is 6.81. The molecule has 0 atom stereocenters. The fourth-order valence-electron chi connectivity index (χ4n) is 6.80. The van der Waals surface area contributed by atoms with Gasteiger partial charge in [-0.05, 0) is 55.2 Å². The summed E-state index contributed by atoms with van der Waals surface area (Å²) in [7, 11) is -3.73. The number of anilines is 1. The summed E-state index contributed by atoms with van der Waals surface area (Å²) in [6.07, 6.45) is 9.73. The molecule has 2 aromatic rings. The standard InChI is InChI=1S/C33H45N2O3S/c1-9-10-19-35-26-14-12-11-13-24(26)33(6,7)27(35)16-15-23-22-25-29-28(30(23)38-39(8,36)37)32(4,5)18-21-34(29)20-17-31(25,2)3/h11-16,22H,9-10,17-21H2,1-8H3/q+1. The number of rotatable bonds is 7. The fourth-order valence-corrected chi connectivity index (χ4v) is 7.29. The van der Waals surface area contributed by atoms with Gasteiger partial charge in [0.2, 0.25) is 5.69 Å². The minimum absolute atomic E-state index is 0.0105. The van der Waals surface area contributed by atoms with Crippen LogP contribution in [-0.4, -0.2) is 44.6 Å². The number of allylic oxidation sites excluding steroid dienone is 1. The van der Waals surface area contributed by atoms with Gasteiger partial charge in [0.25, 0.3) is 0 Å².